The number of nitrogens with zero attached hydrogens (tertiary/aromatic N) is 2. The van der Waals surface area contributed by atoms with Crippen LogP contribution in [0.3, 0.4) is 0 Å². The maximum Gasteiger partial charge on any atom is 0.410 e. The van der Waals surface area contributed by atoms with Crippen molar-refractivity contribution in [3.63, 3.8) is 0 Å². The van der Waals surface area contributed by atoms with Gasteiger partial charge in [0, 0.05) is 32.2 Å². The minimum atomic E-state index is -0.677. The Morgan fingerprint density at radius 2 is 1.61 bits per heavy atom. The topological polar surface area (TPSA) is 70.1 Å². The van der Waals surface area contributed by atoms with Crippen LogP contribution in [0.2, 0.25) is 0 Å². The maximum absolute atomic E-state index is 12.2. The highest BCUT2D eigenvalue weighted by Gasteiger charge is 2.52. The highest BCUT2D eigenvalue weighted by atomic mass is 16.6. The Hall–Kier alpha value is -1.30. The van der Waals surface area contributed by atoms with E-state index in [2.05, 4.69) is 4.90 Å². The Morgan fingerprint density at radius 3 is 2.04 bits per heavy atom. The number of carboxylic acids is 1. The van der Waals surface area contributed by atoms with Gasteiger partial charge in [0.25, 0.3) is 0 Å². The normalized spacial score (nSPS) is 37.4. The van der Waals surface area contributed by atoms with E-state index >= 15 is 0 Å². The lowest BCUT2D eigenvalue weighted by Gasteiger charge is -2.46. The summed E-state index contributed by atoms with van der Waals surface area (Å²) in [6, 6.07) is 0.400. The molecular formula is C17H28N2O4. The lowest BCUT2D eigenvalue weighted by Crippen LogP contribution is -2.53. The molecule has 1 aliphatic carbocycles. The number of hydrogen-bond donors (Lipinski definition) is 1. The van der Waals surface area contributed by atoms with Crippen molar-refractivity contribution in [3.05, 3.63) is 0 Å². The van der Waals surface area contributed by atoms with Crippen LogP contribution in [0.1, 0.15) is 40.5 Å². The molecule has 3 rings (SSSR count). The minimum Gasteiger partial charge on any atom is -0.481 e. The minimum absolute atomic E-state index is 0.208. The van der Waals surface area contributed by atoms with Gasteiger partial charge in [-0.2, -0.15) is 0 Å². The first-order chi connectivity index (χ1) is 10.6. The number of likely N-dealkylation sites (tertiary alicyclic amines) is 2. The monoisotopic (exact) mass is 324 g/mol. The van der Waals surface area contributed by atoms with E-state index in [4.69, 9.17) is 4.74 Å². The highest BCUT2D eigenvalue weighted by Crippen LogP contribution is 2.46. The summed E-state index contributed by atoms with van der Waals surface area (Å²) >= 11 is 0. The second kappa shape index (κ2) is 5.36. The van der Waals surface area contributed by atoms with E-state index in [1.54, 1.807) is 0 Å². The Balaban J connectivity index is 1.49. The first-order valence-corrected chi connectivity index (χ1v) is 8.53. The fraction of sp³-hybridized carbons (Fsp3) is 0.882. The van der Waals surface area contributed by atoms with Gasteiger partial charge in [0.2, 0.25) is 0 Å². The van der Waals surface area contributed by atoms with Gasteiger partial charge in [0.05, 0.1) is 5.41 Å². The number of ether oxygens (including phenoxy) is 1. The van der Waals surface area contributed by atoms with Crippen LogP contribution in [0.5, 0.6) is 0 Å². The summed E-state index contributed by atoms with van der Waals surface area (Å²) in [5, 5.41) is 9.23. The van der Waals surface area contributed by atoms with Gasteiger partial charge in [0.15, 0.2) is 0 Å². The molecule has 1 saturated carbocycles. The first kappa shape index (κ1) is 16.6. The molecule has 0 aromatic carbocycles. The zero-order chi connectivity index (χ0) is 17.0. The fourth-order valence-electron chi connectivity index (χ4n) is 4.22. The number of carbonyl (C=O) groups excluding carboxylic acids is 1. The van der Waals surface area contributed by atoms with E-state index in [1.165, 1.54) is 0 Å². The molecule has 0 aromatic rings. The molecule has 3 aliphatic rings. The Labute approximate surface area is 137 Å². The number of aliphatic carboxylic acids is 1. The molecule has 0 aromatic heterocycles. The van der Waals surface area contributed by atoms with Crippen LogP contribution < -0.4 is 0 Å². The third-order valence-corrected chi connectivity index (χ3v) is 5.57. The van der Waals surface area contributed by atoms with Crippen molar-refractivity contribution in [2.45, 2.75) is 52.2 Å². The number of carbonyl (C=O) groups is 2. The first-order valence-electron chi connectivity index (χ1n) is 8.53. The molecule has 3 fully saturated rings. The molecule has 0 spiro atoms. The van der Waals surface area contributed by atoms with Crippen LogP contribution >= 0.6 is 0 Å². The van der Waals surface area contributed by atoms with Gasteiger partial charge < -0.3 is 14.7 Å². The molecule has 130 valence electrons. The summed E-state index contributed by atoms with van der Waals surface area (Å²) in [6.07, 6.45) is 1.29. The molecule has 1 amide bonds. The molecular weight excluding hydrogens is 296 g/mol. The van der Waals surface area contributed by atoms with Gasteiger partial charge in [0.1, 0.15) is 5.60 Å². The number of fused-ring (bicyclic) bond motifs is 1. The van der Waals surface area contributed by atoms with Gasteiger partial charge >= 0.3 is 12.1 Å². The average Bonchev–Trinajstić information content (AvgIpc) is 2.90. The summed E-state index contributed by atoms with van der Waals surface area (Å²) in [4.78, 5) is 27.6. The summed E-state index contributed by atoms with van der Waals surface area (Å²) in [5.74, 6) is 0.322. The second-order valence-electron chi connectivity index (χ2n) is 8.79. The quantitative estimate of drug-likeness (QED) is 0.842. The van der Waals surface area contributed by atoms with Crippen molar-refractivity contribution in [2.75, 3.05) is 26.2 Å². The fourth-order valence-corrected chi connectivity index (χ4v) is 4.22. The van der Waals surface area contributed by atoms with Crippen molar-refractivity contribution in [2.24, 2.45) is 17.3 Å². The predicted octanol–water partition coefficient (Wildman–Crippen LogP) is 2.04. The van der Waals surface area contributed by atoms with Crippen molar-refractivity contribution in [3.8, 4) is 0 Å². The lowest BCUT2D eigenvalue weighted by atomic mass is 9.66. The van der Waals surface area contributed by atoms with Crippen LogP contribution in [0, 0.1) is 17.3 Å². The molecule has 6 nitrogen and oxygen atoms in total. The second-order valence-corrected chi connectivity index (χ2v) is 8.79. The molecule has 1 N–H and O–H groups in total. The molecule has 2 aliphatic heterocycles. The van der Waals surface area contributed by atoms with E-state index in [0.29, 0.717) is 17.9 Å². The van der Waals surface area contributed by atoms with Gasteiger partial charge in [-0.3, -0.25) is 9.69 Å². The van der Waals surface area contributed by atoms with E-state index in [9.17, 15) is 14.7 Å². The highest BCUT2D eigenvalue weighted by molar-refractivity contribution is 5.75. The average molecular weight is 324 g/mol. The third kappa shape index (κ3) is 3.18. The molecule has 2 saturated heterocycles. The molecule has 2 atom stereocenters. The van der Waals surface area contributed by atoms with E-state index in [1.807, 2.05) is 32.6 Å². The molecule has 0 bridgehead atoms. The van der Waals surface area contributed by atoms with Crippen LogP contribution in [0.15, 0.2) is 0 Å². The van der Waals surface area contributed by atoms with E-state index < -0.39 is 17.0 Å². The largest absolute Gasteiger partial charge is 0.481 e. The van der Waals surface area contributed by atoms with Crippen LogP contribution in [-0.2, 0) is 9.53 Å². The molecule has 0 radical (unpaired) electrons. The summed E-state index contributed by atoms with van der Waals surface area (Å²) in [6.45, 7) is 11.0. The van der Waals surface area contributed by atoms with E-state index in [0.717, 1.165) is 39.0 Å². The Kier molecular flexibility index (Phi) is 3.86. The number of carboxylic acid groups (broad SMARTS) is 1. The third-order valence-electron chi connectivity index (χ3n) is 5.57. The van der Waals surface area contributed by atoms with Crippen LogP contribution in [-0.4, -0.2) is 64.8 Å². The summed E-state index contributed by atoms with van der Waals surface area (Å²) < 4.78 is 5.46. The van der Waals surface area contributed by atoms with Crippen molar-refractivity contribution in [1.29, 1.82) is 0 Å². The zero-order valence-corrected chi connectivity index (χ0v) is 14.5. The Bertz CT molecular complexity index is 493. The van der Waals surface area contributed by atoms with Gasteiger partial charge in [-0.25, -0.2) is 4.79 Å². The predicted molar refractivity (Wildman–Crippen MR) is 85.1 cm³/mol. The lowest BCUT2D eigenvalue weighted by molar-refractivity contribution is -0.157. The van der Waals surface area contributed by atoms with Crippen LogP contribution in [0.4, 0.5) is 4.79 Å². The van der Waals surface area contributed by atoms with Crippen molar-refractivity contribution >= 4 is 12.1 Å². The van der Waals surface area contributed by atoms with Crippen molar-refractivity contribution < 1.29 is 19.4 Å². The SMILES string of the molecule is CC(C)(C)OC(=O)N1C[C@@H]2CN(C3CC(C)(C(=O)O)C3)C[C@@H]2C1. The van der Waals surface area contributed by atoms with Crippen molar-refractivity contribution in [1.82, 2.24) is 9.80 Å². The maximum atomic E-state index is 12.2. The van der Waals surface area contributed by atoms with E-state index in [-0.39, 0.29) is 6.09 Å². The molecule has 6 heteroatoms. The number of amides is 1. The number of hydrogen-bond acceptors (Lipinski definition) is 4. The van der Waals surface area contributed by atoms with Crippen LogP contribution in [0.25, 0.3) is 0 Å². The van der Waals surface area contributed by atoms with Gasteiger partial charge in [-0.05, 0) is 52.4 Å². The molecule has 0 unspecified atom stereocenters. The number of rotatable bonds is 2. The zero-order valence-electron chi connectivity index (χ0n) is 14.5. The Morgan fingerprint density at radius 1 is 1.09 bits per heavy atom. The smallest absolute Gasteiger partial charge is 0.410 e. The summed E-state index contributed by atoms with van der Waals surface area (Å²) in [5.41, 5.74) is -0.987. The molecule has 23 heavy (non-hydrogen) atoms. The van der Waals surface area contributed by atoms with Gasteiger partial charge in [-0.1, -0.05) is 0 Å². The van der Waals surface area contributed by atoms with Gasteiger partial charge in [-0.15, -0.1) is 0 Å². The summed E-state index contributed by atoms with van der Waals surface area (Å²) in [7, 11) is 0. The standard InChI is InChI=1S/C17H28N2O4/c1-16(2,3)23-15(22)19-9-11-7-18(8-12(11)10-19)13-5-17(4,6-13)14(20)21/h11-13H,5-10H2,1-4H3,(H,20,21)/t11-,12+,13?,17?. The molecule has 2 heterocycles.